The van der Waals surface area contributed by atoms with Gasteiger partial charge in [-0.2, -0.15) is 0 Å². The zero-order chi connectivity index (χ0) is 17.8. The van der Waals surface area contributed by atoms with E-state index >= 15 is 0 Å². The van der Waals surface area contributed by atoms with Gasteiger partial charge in [0.25, 0.3) is 0 Å². The Morgan fingerprint density at radius 2 is 1.64 bits per heavy atom. The number of para-hydroxylation sites is 2. The van der Waals surface area contributed by atoms with Gasteiger partial charge in [0.2, 0.25) is 5.91 Å². The minimum Gasteiger partial charge on any atom is -0.352 e. The van der Waals surface area contributed by atoms with Crippen LogP contribution in [0.2, 0.25) is 0 Å². The Labute approximate surface area is 149 Å². The number of aromatic nitrogens is 2. The molecule has 0 unspecified atom stereocenters. The number of benzene rings is 1. The van der Waals surface area contributed by atoms with Crippen molar-refractivity contribution in [2.45, 2.75) is 20.8 Å². The topological polar surface area (TPSA) is 52.6 Å². The van der Waals surface area contributed by atoms with Gasteiger partial charge in [-0.25, -0.2) is 9.97 Å². The SMILES string of the molecule is CCN(CC)CC(=O)N1CCN(c2nc3ccccc3nc2C)CC1. The molecule has 0 saturated carbocycles. The highest BCUT2D eigenvalue weighted by Gasteiger charge is 2.24. The first-order chi connectivity index (χ1) is 12.1. The van der Waals surface area contributed by atoms with Crippen LogP contribution in [0.3, 0.4) is 0 Å². The third kappa shape index (κ3) is 3.90. The summed E-state index contributed by atoms with van der Waals surface area (Å²) in [7, 11) is 0. The molecule has 0 radical (unpaired) electrons. The number of hydrogen-bond acceptors (Lipinski definition) is 5. The van der Waals surface area contributed by atoms with E-state index in [-0.39, 0.29) is 5.91 Å². The van der Waals surface area contributed by atoms with Gasteiger partial charge in [0.15, 0.2) is 5.82 Å². The molecule has 0 bridgehead atoms. The third-order valence-corrected chi connectivity index (χ3v) is 4.91. The first-order valence-electron chi connectivity index (χ1n) is 9.10. The fourth-order valence-electron chi connectivity index (χ4n) is 3.28. The molecule has 1 aromatic heterocycles. The third-order valence-electron chi connectivity index (χ3n) is 4.91. The molecule has 1 saturated heterocycles. The van der Waals surface area contributed by atoms with Crippen LogP contribution in [-0.4, -0.2) is 71.5 Å². The van der Waals surface area contributed by atoms with Crippen LogP contribution in [0.4, 0.5) is 5.82 Å². The monoisotopic (exact) mass is 341 g/mol. The van der Waals surface area contributed by atoms with Crippen LogP contribution in [0.5, 0.6) is 0 Å². The molecule has 1 aliphatic heterocycles. The lowest BCUT2D eigenvalue weighted by atomic mass is 10.2. The van der Waals surface area contributed by atoms with Crippen molar-refractivity contribution in [3.8, 4) is 0 Å². The Bertz CT molecular complexity index is 736. The van der Waals surface area contributed by atoms with Crippen molar-refractivity contribution in [2.75, 3.05) is 50.7 Å². The first-order valence-corrected chi connectivity index (χ1v) is 9.10. The van der Waals surface area contributed by atoms with Crippen molar-refractivity contribution >= 4 is 22.8 Å². The maximum atomic E-state index is 12.4. The fraction of sp³-hybridized carbons (Fsp3) is 0.526. The molecule has 2 aromatic rings. The summed E-state index contributed by atoms with van der Waals surface area (Å²) in [6, 6.07) is 7.95. The van der Waals surface area contributed by atoms with E-state index in [4.69, 9.17) is 4.98 Å². The maximum absolute atomic E-state index is 12.4. The van der Waals surface area contributed by atoms with Crippen LogP contribution in [0.1, 0.15) is 19.5 Å². The second-order valence-corrected chi connectivity index (χ2v) is 6.45. The number of anilines is 1. The molecule has 0 N–H and O–H groups in total. The van der Waals surface area contributed by atoms with Crippen molar-refractivity contribution < 1.29 is 4.79 Å². The highest BCUT2D eigenvalue weighted by Crippen LogP contribution is 2.21. The van der Waals surface area contributed by atoms with Gasteiger partial charge < -0.3 is 9.80 Å². The molecule has 2 heterocycles. The van der Waals surface area contributed by atoms with E-state index in [1.54, 1.807) is 0 Å². The number of carbonyl (C=O) groups is 1. The Hall–Kier alpha value is -2.21. The molecule has 1 aromatic carbocycles. The number of piperazine rings is 1. The van der Waals surface area contributed by atoms with Crippen molar-refractivity contribution in [2.24, 2.45) is 0 Å². The van der Waals surface area contributed by atoms with E-state index in [9.17, 15) is 4.79 Å². The average Bonchev–Trinajstić information content (AvgIpc) is 2.65. The number of likely N-dealkylation sites (N-methyl/N-ethyl adjacent to an activating group) is 1. The number of nitrogens with zero attached hydrogens (tertiary/aromatic N) is 5. The zero-order valence-corrected chi connectivity index (χ0v) is 15.4. The summed E-state index contributed by atoms with van der Waals surface area (Å²) in [5, 5.41) is 0. The smallest absolute Gasteiger partial charge is 0.236 e. The first kappa shape index (κ1) is 17.6. The normalized spacial score (nSPS) is 15.2. The number of fused-ring (bicyclic) bond motifs is 1. The summed E-state index contributed by atoms with van der Waals surface area (Å²) in [6.07, 6.45) is 0. The molecule has 0 aliphatic carbocycles. The van der Waals surface area contributed by atoms with Crippen LogP contribution in [0, 0.1) is 6.92 Å². The standard InChI is InChI=1S/C19H27N5O/c1-4-22(5-2)14-18(25)23-10-12-24(13-11-23)19-15(3)20-16-8-6-7-9-17(16)21-19/h6-9H,4-5,10-14H2,1-3H3. The molecule has 1 amide bonds. The lowest BCUT2D eigenvalue weighted by Crippen LogP contribution is -2.51. The van der Waals surface area contributed by atoms with E-state index in [1.807, 2.05) is 36.1 Å². The Balaban J connectivity index is 1.66. The van der Waals surface area contributed by atoms with E-state index < -0.39 is 0 Å². The molecule has 3 rings (SSSR count). The minimum atomic E-state index is 0.227. The van der Waals surface area contributed by atoms with Gasteiger partial charge in [-0.1, -0.05) is 26.0 Å². The van der Waals surface area contributed by atoms with Gasteiger partial charge in [-0.15, -0.1) is 0 Å². The Morgan fingerprint density at radius 1 is 1.04 bits per heavy atom. The molecule has 0 spiro atoms. The predicted molar refractivity (Wildman–Crippen MR) is 101 cm³/mol. The van der Waals surface area contributed by atoms with Crippen LogP contribution in [0.15, 0.2) is 24.3 Å². The predicted octanol–water partition coefficient (Wildman–Crippen LogP) is 1.93. The van der Waals surface area contributed by atoms with E-state index in [1.165, 1.54) is 0 Å². The highest BCUT2D eigenvalue weighted by molar-refractivity contribution is 5.79. The lowest BCUT2D eigenvalue weighted by Gasteiger charge is -2.36. The van der Waals surface area contributed by atoms with Gasteiger partial charge in [0, 0.05) is 26.2 Å². The second-order valence-electron chi connectivity index (χ2n) is 6.45. The molecule has 1 aliphatic rings. The van der Waals surface area contributed by atoms with Gasteiger partial charge >= 0.3 is 0 Å². The van der Waals surface area contributed by atoms with Crippen LogP contribution < -0.4 is 4.90 Å². The summed E-state index contributed by atoms with van der Waals surface area (Å²) >= 11 is 0. The molecular weight excluding hydrogens is 314 g/mol. The largest absolute Gasteiger partial charge is 0.352 e. The summed E-state index contributed by atoms with van der Waals surface area (Å²) in [4.78, 5) is 28.3. The molecule has 1 fully saturated rings. The lowest BCUT2D eigenvalue weighted by molar-refractivity contribution is -0.132. The number of amides is 1. The van der Waals surface area contributed by atoms with Crippen molar-refractivity contribution in [1.29, 1.82) is 0 Å². The van der Waals surface area contributed by atoms with E-state index in [0.29, 0.717) is 6.54 Å². The number of hydrogen-bond donors (Lipinski definition) is 0. The Morgan fingerprint density at radius 3 is 2.24 bits per heavy atom. The van der Waals surface area contributed by atoms with E-state index in [2.05, 4.69) is 28.6 Å². The van der Waals surface area contributed by atoms with Crippen molar-refractivity contribution in [1.82, 2.24) is 19.8 Å². The van der Waals surface area contributed by atoms with Gasteiger partial charge in [0.05, 0.1) is 23.3 Å². The van der Waals surface area contributed by atoms with Gasteiger partial charge in [0.1, 0.15) is 0 Å². The quantitative estimate of drug-likeness (QED) is 0.832. The summed E-state index contributed by atoms with van der Waals surface area (Å²) in [5.74, 6) is 1.17. The molecule has 6 nitrogen and oxygen atoms in total. The maximum Gasteiger partial charge on any atom is 0.236 e. The molecule has 0 atom stereocenters. The molecule has 6 heteroatoms. The van der Waals surface area contributed by atoms with Crippen LogP contribution in [0.25, 0.3) is 11.0 Å². The van der Waals surface area contributed by atoms with Crippen LogP contribution in [-0.2, 0) is 4.79 Å². The van der Waals surface area contributed by atoms with Gasteiger partial charge in [-0.3, -0.25) is 9.69 Å². The average molecular weight is 341 g/mol. The number of carbonyl (C=O) groups excluding carboxylic acids is 1. The highest BCUT2D eigenvalue weighted by atomic mass is 16.2. The molecule has 25 heavy (non-hydrogen) atoms. The summed E-state index contributed by atoms with van der Waals surface area (Å²) in [5.41, 5.74) is 2.79. The molecule has 134 valence electrons. The second kappa shape index (κ2) is 7.78. The minimum absolute atomic E-state index is 0.227. The van der Waals surface area contributed by atoms with Gasteiger partial charge in [-0.05, 0) is 32.1 Å². The zero-order valence-electron chi connectivity index (χ0n) is 15.4. The van der Waals surface area contributed by atoms with E-state index in [0.717, 1.165) is 61.8 Å². The molecular formula is C19H27N5O. The number of aryl methyl sites for hydroxylation is 1. The summed E-state index contributed by atoms with van der Waals surface area (Å²) < 4.78 is 0. The Kier molecular flexibility index (Phi) is 5.48. The van der Waals surface area contributed by atoms with Crippen molar-refractivity contribution in [3.63, 3.8) is 0 Å². The van der Waals surface area contributed by atoms with Crippen LogP contribution >= 0.6 is 0 Å². The summed E-state index contributed by atoms with van der Waals surface area (Å²) in [6.45, 7) is 11.6. The number of rotatable bonds is 5. The fourth-order valence-corrected chi connectivity index (χ4v) is 3.28. The van der Waals surface area contributed by atoms with Crippen molar-refractivity contribution in [3.05, 3.63) is 30.0 Å².